The Morgan fingerprint density at radius 2 is 2.00 bits per heavy atom. The summed E-state index contributed by atoms with van der Waals surface area (Å²) in [6.07, 6.45) is 4.68. The molecule has 152 valence electrons. The van der Waals surface area contributed by atoms with Gasteiger partial charge >= 0.3 is 6.09 Å². The number of hydrogen-bond donors (Lipinski definition) is 1. The molecule has 0 spiro atoms. The van der Waals surface area contributed by atoms with Crippen molar-refractivity contribution in [2.24, 2.45) is 5.92 Å². The summed E-state index contributed by atoms with van der Waals surface area (Å²) in [6, 6.07) is 12.2. The van der Waals surface area contributed by atoms with Crippen LogP contribution in [0.2, 0.25) is 5.02 Å². The minimum absolute atomic E-state index is 0.144. The van der Waals surface area contributed by atoms with Crippen molar-refractivity contribution in [2.75, 3.05) is 20.2 Å². The number of carbonyl (C=O) groups is 1. The molecule has 0 unspecified atom stereocenters. The second-order valence-corrected chi connectivity index (χ2v) is 9.17. The first kappa shape index (κ1) is 20.1. The highest BCUT2D eigenvalue weighted by atomic mass is 35.5. The second kappa shape index (κ2) is 8.67. The summed E-state index contributed by atoms with van der Waals surface area (Å²) in [4.78, 5) is 18.6. The quantitative estimate of drug-likeness (QED) is 0.662. The molecule has 1 saturated carbocycles. The summed E-state index contributed by atoms with van der Waals surface area (Å²) in [5, 5.41) is 10.5. The van der Waals surface area contributed by atoms with E-state index in [2.05, 4.69) is 35.3 Å². The molecule has 2 aromatic rings. The highest BCUT2D eigenvalue weighted by Crippen LogP contribution is 2.39. The summed E-state index contributed by atoms with van der Waals surface area (Å²) >= 11 is 8.09. The largest absolute Gasteiger partial charge is 0.480 e. The highest BCUT2D eigenvalue weighted by Gasteiger charge is 2.26. The summed E-state index contributed by atoms with van der Waals surface area (Å²) < 4.78 is 5.30. The molecule has 2 fully saturated rings. The zero-order valence-electron chi connectivity index (χ0n) is 16.2. The molecule has 1 aromatic heterocycles. The zero-order chi connectivity index (χ0) is 20.4. The topological polar surface area (TPSA) is 62.7 Å². The van der Waals surface area contributed by atoms with Gasteiger partial charge in [0.15, 0.2) is 0 Å². The molecule has 5 nitrogen and oxygen atoms in total. The Bertz CT molecular complexity index is 928. The Kier molecular flexibility index (Phi) is 6.01. The van der Waals surface area contributed by atoms with E-state index in [9.17, 15) is 9.90 Å². The van der Waals surface area contributed by atoms with E-state index in [1.165, 1.54) is 22.6 Å². The maximum Gasteiger partial charge on any atom is 0.407 e. The van der Waals surface area contributed by atoms with Gasteiger partial charge in [0.2, 0.25) is 5.88 Å². The number of amides is 1. The molecule has 29 heavy (non-hydrogen) atoms. The summed E-state index contributed by atoms with van der Waals surface area (Å²) in [7, 11) is 1.55. The lowest BCUT2D eigenvalue weighted by atomic mass is 9.96. The van der Waals surface area contributed by atoms with Crippen molar-refractivity contribution < 1.29 is 14.6 Å². The van der Waals surface area contributed by atoms with Crippen molar-refractivity contribution in [3.63, 3.8) is 0 Å². The van der Waals surface area contributed by atoms with Crippen molar-refractivity contribution in [3.05, 3.63) is 58.8 Å². The molecular weight excluding hydrogens is 408 g/mol. The average molecular weight is 431 g/mol. The number of carboxylic acid groups (broad SMARTS) is 1. The van der Waals surface area contributed by atoms with E-state index in [0.29, 0.717) is 24.0 Å². The predicted octanol–water partition coefficient (Wildman–Crippen LogP) is 5.43. The van der Waals surface area contributed by atoms with E-state index in [-0.39, 0.29) is 5.92 Å². The number of benzene rings is 1. The molecule has 1 saturated heterocycles. The van der Waals surface area contributed by atoms with Crippen LogP contribution in [0.4, 0.5) is 4.79 Å². The molecule has 1 amide bonds. The first-order valence-corrected chi connectivity index (χ1v) is 11.0. The van der Waals surface area contributed by atoms with Crippen molar-refractivity contribution in [1.29, 1.82) is 0 Å². The van der Waals surface area contributed by atoms with Gasteiger partial charge in [-0.2, -0.15) is 0 Å². The van der Waals surface area contributed by atoms with Crippen LogP contribution in [-0.2, 0) is 0 Å². The third-order valence-corrected chi connectivity index (χ3v) is 6.81. The number of hydrogen-bond acceptors (Lipinski definition) is 4. The number of nitrogens with zero attached hydrogens (tertiary/aromatic N) is 2. The van der Waals surface area contributed by atoms with Crippen LogP contribution in [0.25, 0.3) is 5.57 Å². The number of likely N-dealkylation sites (tertiary alicyclic amines) is 1. The fraction of sp³-hybridized carbons (Fsp3) is 0.364. The Balaban J connectivity index is 1.66. The van der Waals surface area contributed by atoms with E-state index in [1.54, 1.807) is 13.2 Å². The molecule has 4 rings (SSSR count). The van der Waals surface area contributed by atoms with Crippen molar-refractivity contribution in [1.82, 2.24) is 9.88 Å². The van der Waals surface area contributed by atoms with E-state index in [1.807, 2.05) is 17.8 Å². The van der Waals surface area contributed by atoms with Gasteiger partial charge in [0.25, 0.3) is 0 Å². The average Bonchev–Trinajstić information content (AvgIpc) is 3.40. The Hall–Kier alpha value is -2.18. The maximum atomic E-state index is 11.3. The van der Waals surface area contributed by atoms with Crippen LogP contribution in [0, 0.1) is 5.92 Å². The molecule has 1 atom stereocenters. The van der Waals surface area contributed by atoms with Gasteiger partial charge in [-0.05, 0) is 55.0 Å². The third kappa shape index (κ3) is 4.87. The monoisotopic (exact) mass is 430 g/mol. The number of thioether (sulfide) groups is 1. The smallest absolute Gasteiger partial charge is 0.407 e. The summed E-state index contributed by atoms with van der Waals surface area (Å²) in [6.45, 7) is 1.05. The van der Waals surface area contributed by atoms with Crippen molar-refractivity contribution in [3.8, 4) is 5.88 Å². The number of ether oxygens (including phenoxy) is 1. The van der Waals surface area contributed by atoms with Crippen LogP contribution in [-0.4, -0.2) is 46.5 Å². The standard InChI is InChI=1S/C22H23ClN2O3S/c1-28-21-19(23)8-9-20(24-21)18(12-14-10-11-25(13-14)22(26)27)15-2-4-16(5-3-15)29-17-6-7-17/h2-5,8-9,12,14,17H,6-7,10-11,13H2,1H3,(H,26,27)/b18-12+/t14-/m1/s1. The molecule has 1 aliphatic heterocycles. The van der Waals surface area contributed by atoms with Crippen LogP contribution in [0.1, 0.15) is 30.5 Å². The molecule has 0 bridgehead atoms. The van der Waals surface area contributed by atoms with Gasteiger partial charge in [-0.15, -0.1) is 11.8 Å². The Morgan fingerprint density at radius 3 is 2.62 bits per heavy atom. The molecule has 2 aliphatic rings. The molecule has 1 aromatic carbocycles. The van der Waals surface area contributed by atoms with Gasteiger partial charge in [-0.1, -0.05) is 29.8 Å². The molecule has 1 aliphatic carbocycles. The second-order valence-electron chi connectivity index (χ2n) is 7.39. The van der Waals surface area contributed by atoms with Crippen LogP contribution in [0.15, 0.2) is 47.4 Å². The van der Waals surface area contributed by atoms with Crippen molar-refractivity contribution >= 4 is 35.0 Å². The number of pyridine rings is 1. The molecule has 7 heteroatoms. The molecule has 2 heterocycles. The first-order valence-electron chi connectivity index (χ1n) is 9.71. The number of aromatic nitrogens is 1. The van der Waals surface area contributed by atoms with E-state index >= 15 is 0 Å². The Labute approximate surface area is 179 Å². The Morgan fingerprint density at radius 1 is 1.24 bits per heavy atom. The van der Waals surface area contributed by atoms with E-state index in [4.69, 9.17) is 16.3 Å². The predicted molar refractivity (Wildman–Crippen MR) is 116 cm³/mol. The minimum atomic E-state index is -0.866. The fourth-order valence-electron chi connectivity index (χ4n) is 3.47. The number of rotatable bonds is 6. The number of halogens is 1. The van der Waals surface area contributed by atoms with Gasteiger partial charge in [-0.3, -0.25) is 0 Å². The van der Waals surface area contributed by atoms with Crippen LogP contribution < -0.4 is 4.74 Å². The van der Waals surface area contributed by atoms with Crippen LogP contribution in [0.5, 0.6) is 5.88 Å². The van der Waals surface area contributed by atoms with Gasteiger partial charge in [0.05, 0.1) is 12.8 Å². The van der Waals surface area contributed by atoms with Gasteiger partial charge < -0.3 is 14.7 Å². The van der Waals surface area contributed by atoms with Gasteiger partial charge in [0, 0.05) is 28.8 Å². The summed E-state index contributed by atoms with van der Waals surface area (Å²) in [5.74, 6) is 0.527. The van der Waals surface area contributed by atoms with E-state index in [0.717, 1.165) is 28.5 Å². The van der Waals surface area contributed by atoms with Crippen LogP contribution in [0.3, 0.4) is 0 Å². The maximum absolute atomic E-state index is 11.3. The third-order valence-electron chi connectivity index (χ3n) is 5.17. The molecule has 0 radical (unpaired) electrons. The lowest BCUT2D eigenvalue weighted by Gasteiger charge is -2.14. The highest BCUT2D eigenvalue weighted by molar-refractivity contribution is 8.00. The molecular formula is C22H23ClN2O3S. The van der Waals surface area contributed by atoms with Gasteiger partial charge in [0.1, 0.15) is 5.02 Å². The zero-order valence-corrected chi connectivity index (χ0v) is 17.7. The minimum Gasteiger partial charge on any atom is -0.480 e. The van der Waals surface area contributed by atoms with Crippen molar-refractivity contribution in [2.45, 2.75) is 29.4 Å². The SMILES string of the molecule is COc1nc(/C(=C/[C@H]2CCN(C(=O)O)C2)c2ccc(SC3CC3)cc2)ccc1Cl. The van der Waals surface area contributed by atoms with Gasteiger partial charge in [-0.25, -0.2) is 9.78 Å². The normalized spacial score (nSPS) is 19.4. The lowest BCUT2D eigenvalue weighted by molar-refractivity contribution is 0.155. The summed E-state index contributed by atoms with van der Waals surface area (Å²) in [5.41, 5.74) is 2.79. The lowest BCUT2D eigenvalue weighted by Crippen LogP contribution is -2.26. The van der Waals surface area contributed by atoms with Crippen LogP contribution >= 0.6 is 23.4 Å². The number of methoxy groups -OCH3 is 1. The van der Waals surface area contributed by atoms with E-state index < -0.39 is 6.09 Å². The molecule has 1 N–H and O–H groups in total. The first-order chi connectivity index (χ1) is 14.0. The fourth-order valence-corrected chi connectivity index (χ4v) is 4.70.